The summed E-state index contributed by atoms with van der Waals surface area (Å²) in [6, 6.07) is 2.19. The number of aliphatic carboxylic acids is 1. The van der Waals surface area contributed by atoms with Crippen LogP contribution in [0.1, 0.15) is 77.2 Å². The SMILES string of the molecule is CC(C)C[C@H](NC(=O)[C@H](NC(=O)C=O)NC(=O)[C@@H]1CCCN1C(=O)[C@H](CCC(N)=O)NC(=O)[C@@H]1CCCN1)C(=O)N1CCC[C@H]1C(=O)N[C@@H](Cc1ccccc1)C(=O)O. The van der Waals surface area contributed by atoms with Crippen LogP contribution in [0.25, 0.3) is 0 Å². The van der Waals surface area contributed by atoms with Gasteiger partial charge in [0.1, 0.15) is 30.2 Å². The van der Waals surface area contributed by atoms with Gasteiger partial charge in [-0.15, -0.1) is 0 Å². The van der Waals surface area contributed by atoms with Crippen LogP contribution in [0.15, 0.2) is 30.3 Å². The van der Waals surface area contributed by atoms with E-state index >= 15 is 0 Å². The first-order valence-electron chi connectivity index (χ1n) is 20.0. The van der Waals surface area contributed by atoms with Crippen molar-refractivity contribution >= 4 is 59.5 Å². The fourth-order valence-electron chi connectivity index (χ4n) is 7.58. The van der Waals surface area contributed by atoms with Crippen molar-refractivity contribution in [3.8, 4) is 0 Å². The third kappa shape index (κ3) is 13.0. The number of carboxylic acids is 1. The lowest BCUT2D eigenvalue weighted by molar-refractivity contribution is -0.145. The van der Waals surface area contributed by atoms with Crippen LogP contribution in [0.3, 0.4) is 0 Å². The second-order valence-electron chi connectivity index (χ2n) is 15.4. The highest BCUT2D eigenvalue weighted by atomic mass is 16.4. The highest BCUT2D eigenvalue weighted by Gasteiger charge is 2.42. The summed E-state index contributed by atoms with van der Waals surface area (Å²) in [5, 5.41) is 25.1. The van der Waals surface area contributed by atoms with Crippen LogP contribution in [0.5, 0.6) is 0 Å². The minimum absolute atomic E-state index is 0.00554. The molecule has 0 aromatic heterocycles. The van der Waals surface area contributed by atoms with Gasteiger partial charge in [-0.2, -0.15) is 0 Å². The van der Waals surface area contributed by atoms with E-state index in [4.69, 9.17) is 5.73 Å². The first-order valence-corrected chi connectivity index (χ1v) is 20.0. The molecule has 4 rings (SSSR count). The predicted molar refractivity (Wildman–Crippen MR) is 208 cm³/mol. The van der Waals surface area contributed by atoms with Crippen LogP contribution in [-0.4, -0.2) is 136 Å². The summed E-state index contributed by atoms with van der Waals surface area (Å²) < 4.78 is 0. The van der Waals surface area contributed by atoms with Gasteiger partial charge in [-0.1, -0.05) is 44.2 Å². The van der Waals surface area contributed by atoms with Gasteiger partial charge in [0.2, 0.25) is 41.7 Å². The molecular weight excluding hydrogens is 770 g/mol. The number of hydrogen-bond acceptors (Lipinski definition) is 11. The largest absolute Gasteiger partial charge is 0.480 e. The van der Waals surface area contributed by atoms with Gasteiger partial charge in [0, 0.05) is 25.9 Å². The summed E-state index contributed by atoms with van der Waals surface area (Å²) in [5.74, 6) is -7.82. The lowest BCUT2D eigenvalue weighted by Crippen LogP contribution is -2.63. The summed E-state index contributed by atoms with van der Waals surface area (Å²) in [5.41, 5.74) is 6.01. The Morgan fingerprint density at radius 3 is 1.92 bits per heavy atom. The molecule has 7 atom stereocenters. The Balaban J connectivity index is 1.48. The van der Waals surface area contributed by atoms with E-state index in [1.54, 1.807) is 44.2 Å². The van der Waals surface area contributed by atoms with Gasteiger partial charge in [0.15, 0.2) is 6.17 Å². The number of nitrogens with zero attached hydrogens (tertiary/aromatic N) is 2. The van der Waals surface area contributed by atoms with E-state index in [2.05, 4.69) is 31.9 Å². The van der Waals surface area contributed by atoms with Crippen molar-refractivity contribution in [3.63, 3.8) is 0 Å². The van der Waals surface area contributed by atoms with E-state index in [1.807, 2.05) is 0 Å². The van der Waals surface area contributed by atoms with E-state index < -0.39 is 95.6 Å². The molecule has 0 spiro atoms. The summed E-state index contributed by atoms with van der Waals surface area (Å²) in [6.07, 6.45) is 0.140. The number of likely N-dealkylation sites (tertiary alicyclic amines) is 2. The molecule has 3 aliphatic rings. The van der Waals surface area contributed by atoms with E-state index in [-0.39, 0.29) is 63.8 Å². The Morgan fingerprint density at radius 2 is 1.37 bits per heavy atom. The number of nitrogens with one attached hydrogen (secondary N) is 6. The zero-order valence-corrected chi connectivity index (χ0v) is 33.3. The highest BCUT2D eigenvalue weighted by molar-refractivity contribution is 6.24. The molecule has 1 aromatic carbocycles. The van der Waals surface area contributed by atoms with Gasteiger partial charge < -0.3 is 52.5 Å². The molecule has 0 bridgehead atoms. The van der Waals surface area contributed by atoms with Crippen LogP contribution >= 0.6 is 0 Å². The molecule has 8 amide bonds. The van der Waals surface area contributed by atoms with Gasteiger partial charge in [-0.3, -0.25) is 43.2 Å². The number of primary amides is 1. The van der Waals surface area contributed by atoms with Crippen molar-refractivity contribution in [3.05, 3.63) is 35.9 Å². The molecule has 3 fully saturated rings. The molecule has 1 aromatic rings. The summed E-state index contributed by atoms with van der Waals surface area (Å²) in [4.78, 5) is 132. The number of hydrogen-bond donors (Lipinski definition) is 8. The maximum atomic E-state index is 14.1. The summed E-state index contributed by atoms with van der Waals surface area (Å²) in [6.45, 7) is 4.40. The molecule has 0 radical (unpaired) electrons. The third-order valence-corrected chi connectivity index (χ3v) is 10.5. The number of carbonyl (C=O) groups excluding carboxylic acids is 9. The number of benzene rings is 1. The topological polar surface area (TPSA) is 296 Å². The highest BCUT2D eigenvalue weighted by Crippen LogP contribution is 2.22. The Kier molecular flexibility index (Phi) is 16.9. The zero-order valence-electron chi connectivity index (χ0n) is 33.3. The van der Waals surface area contributed by atoms with Gasteiger partial charge in [-0.05, 0) is 69.4 Å². The molecule has 9 N–H and O–H groups in total. The van der Waals surface area contributed by atoms with Crippen LogP contribution < -0.4 is 37.6 Å². The van der Waals surface area contributed by atoms with Crippen molar-refractivity contribution < 1.29 is 53.1 Å². The Labute approximate surface area is 341 Å². The average molecular weight is 826 g/mol. The number of aldehydes is 1. The van der Waals surface area contributed by atoms with Gasteiger partial charge in [0.05, 0.1) is 6.04 Å². The second kappa shape index (κ2) is 21.7. The minimum atomic E-state index is -1.90. The lowest BCUT2D eigenvalue weighted by atomic mass is 10.0. The van der Waals surface area contributed by atoms with Gasteiger partial charge in [-0.25, -0.2) is 4.79 Å². The molecule has 3 aliphatic heterocycles. The number of rotatable bonds is 20. The molecule has 322 valence electrons. The quantitative estimate of drug-likeness (QED) is 0.0387. The minimum Gasteiger partial charge on any atom is -0.480 e. The molecule has 59 heavy (non-hydrogen) atoms. The van der Waals surface area contributed by atoms with Crippen LogP contribution in [0, 0.1) is 5.92 Å². The fraction of sp³-hybridized carbons (Fsp3) is 0.590. The van der Waals surface area contributed by atoms with E-state index in [9.17, 15) is 53.1 Å². The molecule has 0 saturated carbocycles. The Bertz CT molecular complexity index is 1740. The smallest absolute Gasteiger partial charge is 0.326 e. The van der Waals surface area contributed by atoms with Gasteiger partial charge >= 0.3 is 5.97 Å². The van der Waals surface area contributed by atoms with Crippen LogP contribution in [0.4, 0.5) is 0 Å². The van der Waals surface area contributed by atoms with Crippen molar-refractivity contribution in [2.75, 3.05) is 19.6 Å². The second-order valence-corrected chi connectivity index (χ2v) is 15.4. The summed E-state index contributed by atoms with van der Waals surface area (Å²) >= 11 is 0. The number of carbonyl (C=O) groups is 10. The maximum absolute atomic E-state index is 14.1. The van der Waals surface area contributed by atoms with Crippen LogP contribution in [-0.2, 0) is 54.4 Å². The molecule has 20 nitrogen and oxygen atoms in total. The molecular formula is C39H55N9O11. The van der Waals surface area contributed by atoms with Crippen molar-refractivity contribution in [1.29, 1.82) is 0 Å². The van der Waals surface area contributed by atoms with Crippen molar-refractivity contribution in [1.82, 2.24) is 41.7 Å². The number of carboxylic acid groups (broad SMARTS) is 1. The van der Waals surface area contributed by atoms with Crippen LogP contribution in [0.2, 0.25) is 0 Å². The molecule has 3 saturated heterocycles. The Morgan fingerprint density at radius 1 is 0.780 bits per heavy atom. The molecule has 20 heteroatoms. The monoisotopic (exact) mass is 825 g/mol. The number of nitrogens with two attached hydrogens (primary N) is 1. The van der Waals surface area contributed by atoms with E-state index in [0.717, 1.165) is 6.42 Å². The molecule has 0 unspecified atom stereocenters. The lowest BCUT2D eigenvalue weighted by Gasteiger charge is -2.32. The summed E-state index contributed by atoms with van der Waals surface area (Å²) in [7, 11) is 0. The third-order valence-electron chi connectivity index (χ3n) is 10.5. The molecule has 0 aliphatic carbocycles. The van der Waals surface area contributed by atoms with Gasteiger partial charge in [0.25, 0.3) is 11.8 Å². The van der Waals surface area contributed by atoms with Crippen molar-refractivity contribution in [2.24, 2.45) is 11.7 Å². The maximum Gasteiger partial charge on any atom is 0.326 e. The number of amides is 8. The zero-order chi connectivity index (χ0) is 43.2. The molecule has 3 heterocycles. The van der Waals surface area contributed by atoms with E-state index in [0.29, 0.717) is 31.4 Å². The fourth-order valence-corrected chi connectivity index (χ4v) is 7.58. The van der Waals surface area contributed by atoms with Crippen molar-refractivity contribution in [2.45, 2.75) is 120 Å². The first kappa shape index (κ1) is 45.8. The predicted octanol–water partition coefficient (Wildman–Crippen LogP) is -2.43. The van der Waals surface area contributed by atoms with E-state index in [1.165, 1.54) is 9.80 Å². The first-order chi connectivity index (χ1) is 28.1. The standard InChI is InChI=1S/C39H55N9O11/c1-22(2)19-26(38(57)48-18-7-12-28(48)34(53)44-27(39(58)59)20-23-9-4-3-5-10-23)43-36(55)32(45-31(51)21-49)46-35(54)29-13-8-17-47(29)37(56)25(14-15-30(40)50)42-33(52)24-11-6-16-41-24/h3-5,9-10,21-22,24-29,32,41H,6-8,11-20H2,1-2H3,(H2,40,50)(H,42,52)(H,43,55)(H,44,53)(H,45,51)(H,46,54)(H,58,59)/t24-,25-,26-,27-,28-,29-,32+/m0/s1. The normalized spacial score (nSPS) is 20.8. The average Bonchev–Trinajstić information content (AvgIpc) is 4.01. The Hall–Kier alpha value is -5.92.